The van der Waals surface area contributed by atoms with Gasteiger partial charge in [-0.15, -0.1) is 11.3 Å². The Labute approximate surface area is 159 Å². The van der Waals surface area contributed by atoms with Crippen molar-refractivity contribution in [1.82, 2.24) is 34.5 Å². The summed E-state index contributed by atoms with van der Waals surface area (Å²) in [5, 5.41) is 2.08. The second-order valence-corrected chi connectivity index (χ2v) is 7.40. The van der Waals surface area contributed by atoms with E-state index in [2.05, 4.69) is 44.8 Å². The molecule has 0 amide bonds. The first kappa shape index (κ1) is 16.2. The van der Waals surface area contributed by atoms with E-state index in [1.54, 1.807) is 17.7 Å². The summed E-state index contributed by atoms with van der Waals surface area (Å²) in [5.74, 6) is 2.48. The van der Waals surface area contributed by atoms with Crippen LogP contribution in [0.1, 0.15) is 30.3 Å². The number of hydrogen-bond donors (Lipinski definition) is 2. The van der Waals surface area contributed by atoms with E-state index in [1.165, 1.54) is 0 Å². The molecule has 0 spiro atoms. The second kappa shape index (κ2) is 6.62. The topological polar surface area (TPSA) is 114 Å². The standard InChI is InChI=1S/C17H19N9S/c18-17-23-14-13(20-9-21-14)16(24-17)25-4-1-2-11(6-25)15-19-3-5-26(15)7-12-8-27-10-22-12/h3,5,8-11H,1-2,4,6-7H2,(H3,18,20,21,23,24)/t11-/m1/s1. The maximum absolute atomic E-state index is 5.89. The summed E-state index contributed by atoms with van der Waals surface area (Å²) in [6.45, 7) is 2.51. The van der Waals surface area contributed by atoms with Gasteiger partial charge in [-0.3, -0.25) is 0 Å². The van der Waals surface area contributed by atoms with Crippen molar-refractivity contribution in [3.8, 4) is 0 Å². The number of hydrogen-bond acceptors (Lipinski definition) is 8. The third-order valence-electron chi connectivity index (χ3n) is 4.93. The molecular formula is C17H19N9S. The highest BCUT2D eigenvalue weighted by atomic mass is 32.1. The molecule has 0 aromatic carbocycles. The van der Waals surface area contributed by atoms with Gasteiger partial charge in [0.1, 0.15) is 11.3 Å². The summed E-state index contributed by atoms with van der Waals surface area (Å²) in [5.41, 5.74) is 10.3. The fraction of sp³-hybridized carbons (Fsp3) is 0.353. The summed E-state index contributed by atoms with van der Waals surface area (Å²) >= 11 is 1.62. The lowest BCUT2D eigenvalue weighted by Gasteiger charge is -2.33. The first-order chi connectivity index (χ1) is 13.3. The van der Waals surface area contributed by atoms with Gasteiger partial charge < -0.3 is 20.2 Å². The van der Waals surface area contributed by atoms with Crippen LogP contribution in [-0.2, 0) is 6.54 Å². The number of aromatic amines is 1. The number of aromatic nitrogens is 7. The summed E-state index contributed by atoms with van der Waals surface area (Å²) < 4.78 is 2.20. The van der Waals surface area contributed by atoms with Gasteiger partial charge in [-0.25, -0.2) is 15.0 Å². The van der Waals surface area contributed by atoms with E-state index in [0.717, 1.165) is 55.3 Å². The van der Waals surface area contributed by atoms with Crippen molar-refractivity contribution >= 4 is 34.3 Å². The van der Waals surface area contributed by atoms with Gasteiger partial charge in [0.25, 0.3) is 0 Å². The minimum absolute atomic E-state index is 0.247. The molecule has 0 radical (unpaired) electrons. The molecule has 1 aliphatic rings. The zero-order chi connectivity index (χ0) is 18.2. The van der Waals surface area contributed by atoms with Gasteiger partial charge in [0.05, 0.1) is 24.1 Å². The smallest absolute Gasteiger partial charge is 0.224 e. The number of rotatable bonds is 4. The van der Waals surface area contributed by atoms with Crippen LogP contribution in [0.3, 0.4) is 0 Å². The monoisotopic (exact) mass is 381 g/mol. The van der Waals surface area contributed by atoms with E-state index in [9.17, 15) is 0 Å². The van der Waals surface area contributed by atoms with Crippen molar-refractivity contribution in [1.29, 1.82) is 0 Å². The van der Waals surface area contributed by atoms with E-state index in [1.807, 2.05) is 17.9 Å². The van der Waals surface area contributed by atoms with Crippen LogP contribution in [0.4, 0.5) is 11.8 Å². The van der Waals surface area contributed by atoms with Crippen LogP contribution in [0.25, 0.3) is 11.2 Å². The number of H-pyrrole nitrogens is 1. The van der Waals surface area contributed by atoms with Gasteiger partial charge in [0.15, 0.2) is 11.5 Å². The molecule has 3 N–H and O–H groups in total. The number of piperidine rings is 1. The number of nitrogen functional groups attached to an aromatic ring is 1. The van der Waals surface area contributed by atoms with Gasteiger partial charge in [-0.2, -0.15) is 9.97 Å². The Morgan fingerprint density at radius 2 is 2.22 bits per heavy atom. The Bertz CT molecular complexity index is 1050. The average Bonchev–Trinajstić information content (AvgIpc) is 3.43. The summed E-state index contributed by atoms with van der Waals surface area (Å²) in [6.07, 6.45) is 7.69. The van der Waals surface area contributed by atoms with E-state index in [0.29, 0.717) is 11.6 Å². The lowest BCUT2D eigenvalue weighted by atomic mass is 9.97. The maximum atomic E-state index is 5.89. The molecule has 1 saturated heterocycles. The Balaban J connectivity index is 1.43. The summed E-state index contributed by atoms with van der Waals surface area (Å²) in [4.78, 5) is 27.3. The first-order valence-corrected chi connectivity index (χ1v) is 9.82. The molecule has 138 valence electrons. The van der Waals surface area contributed by atoms with Crippen LogP contribution < -0.4 is 10.6 Å². The van der Waals surface area contributed by atoms with Crippen LogP contribution >= 0.6 is 11.3 Å². The lowest BCUT2D eigenvalue weighted by molar-refractivity contribution is 0.474. The third kappa shape index (κ3) is 3.01. The maximum Gasteiger partial charge on any atom is 0.224 e. The zero-order valence-electron chi connectivity index (χ0n) is 14.6. The van der Waals surface area contributed by atoms with E-state index >= 15 is 0 Å². The first-order valence-electron chi connectivity index (χ1n) is 8.87. The molecule has 5 rings (SSSR count). The second-order valence-electron chi connectivity index (χ2n) is 6.68. The molecule has 0 aliphatic carbocycles. The molecule has 0 bridgehead atoms. The molecule has 0 saturated carbocycles. The predicted molar refractivity (Wildman–Crippen MR) is 104 cm³/mol. The van der Waals surface area contributed by atoms with Crippen molar-refractivity contribution in [2.24, 2.45) is 0 Å². The van der Waals surface area contributed by atoms with Gasteiger partial charge in [0.2, 0.25) is 5.95 Å². The number of nitrogens with zero attached hydrogens (tertiary/aromatic N) is 7. The molecule has 9 nitrogen and oxygen atoms in total. The minimum atomic E-state index is 0.247. The number of nitrogens with two attached hydrogens (primary N) is 1. The van der Waals surface area contributed by atoms with Gasteiger partial charge in [0, 0.05) is 36.8 Å². The molecule has 1 aliphatic heterocycles. The summed E-state index contributed by atoms with van der Waals surface area (Å²) in [6, 6.07) is 0. The van der Waals surface area contributed by atoms with E-state index in [4.69, 9.17) is 5.73 Å². The van der Waals surface area contributed by atoms with Crippen molar-refractivity contribution < 1.29 is 0 Å². The van der Waals surface area contributed by atoms with E-state index in [-0.39, 0.29) is 5.95 Å². The van der Waals surface area contributed by atoms with E-state index < -0.39 is 0 Å². The van der Waals surface area contributed by atoms with Crippen LogP contribution in [0.15, 0.2) is 29.6 Å². The van der Waals surface area contributed by atoms with Gasteiger partial charge in [-0.1, -0.05) is 0 Å². The highest BCUT2D eigenvalue weighted by molar-refractivity contribution is 7.07. The Kier molecular flexibility index (Phi) is 3.97. The van der Waals surface area contributed by atoms with Crippen LogP contribution in [0.5, 0.6) is 0 Å². The van der Waals surface area contributed by atoms with Crippen LogP contribution in [0, 0.1) is 0 Å². The number of nitrogens with one attached hydrogen (secondary N) is 1. The highest BCUT2D eigenvalue weighted by Gasteiger charge is 2.27. The fourth-order valence-corrected chi connectivity index (χ4v) is 4.30. The number of anilines is 2. The Morgan fingerprint density at radius 3 is 3.11 bits per heavy atom. The third-order valence-corrected chi connectivity index (χ3v) is 5.57. The molecule has 1 atom stereocenters. The summed E-state index contributed by atoms with van der Waals surface area (Å²) in [7, 11) is 0. The molecular weight excluding hydrogens is 362 g/mol. The number of imidazole rings is 2. The van der Waals surface area contributed by atoms with Crippen molar-refractivity contribution in [2.45, 2.75) is 25.3 Å². The lowest BCUT2D eigenvalue weighted by Crippen LogP contribution is -2.36. The van der Waals surface area contributed by atoms with Crippen LogP contribution in [0.2, 0.25) is 0 Å². The van der Waals surface area contributed by atoms with Gasteiger partial charge in [-0.05, 0) is 12.8 Å². The van der Waals surface area contributed by atoms with Crippen molar-refractivity contribution in [3.63, 3.8) is 0 Å². The van der Waals surface area contributed by atoms with Gasteiger partial charge >= 0.3 is 0 Å². The molecule has 1 fully saturated rings. The van der Waals surface area contributed by atoms with Crippen molar-refractivity contribution in [2.75, 3.05) is 23.7 Å². The molecule has 27 heavy (non-hydrogen) atoms. The number of thiazole rings is 1. The quantitative estimate of drug-likeness (QED) is 0.556. The fourth-order valence-electron chi connectivity index (χ4n) is 3.75. The number of fused-ring (bicyclic) bond motifs is 1. The Morgan fingerprint density at radius 1 is 1.26 bits per heavy atom. The predicted octanol–water partition coefficient (Wildman–Crippen LogP) is 2.02. The SMILES string of the molecule is Nc1nc(N2CCC[C@@H](c3nccn3Cc3cscn3)C2)c2[nH]cnc2n1. The molecule has 0 unspecified atom stereocenters. The highest BCUT2D eigenvalue weighted by Crippen LogP contribution is 2.31. The normalized spacial score (nSPS) is 17.6. The average molecular weight is 381 g/mol. The zero-order valence-corrected chi connectivity index (χ0v) is 15.4. The molecule has 10 heteroatoms. The Hall–Kier alpha value is -3.01. The minimum Gasteiger partial charge on any atom is -0.368 e. The van der Waals surface area contributed by atoms with Crippen molar-refractivity contribution in [3.05, 3.63) is 41.1 Å². The largest absolute Gasteiger partial charge is 0.368 e. The van der Waals surface area contributed by atoms with Crippen LogP contribution in [-0.4, -0.2) is 47.6 Å². The molecule has 4 aromatic heterocycles. The molecule has 5 heterocycles. The molecule has 4 aromatic rings.